The molecular formula is C15H32O4SSi. The van der Waals surface area contributed by atoms with Crippen LogP contribution in [0.3, 0.4) is 0 Å². The normalized spacial score (nSPS) is 18.0. The molecule has 1 unspecified atom stereocenters. The van der Waals surface area contributed by atoms with Crippen LogP contribution in [0.2, 0.25) is 6.04 Å². The standard InChI is InChI=1S/C8H20O3Si.C7H12OS/c1-5-9-12(8-4,10-6-2)11-7-3;1-2-3-4-6-5-7(8)9-6/h5-8H2,1-4H3;6H,2-5H2,1H3. The first kappa shape index (κ1) is 21.1. The topological polar surface area (TPSA) is 44.8 Å². The second kappa shape index (κ2) is 12.6. The Bertz CT molecular complexity index is 251. The van der Waals surface area contributed by atoms with E-state index >= 15 is 0 Å². The lowest BCUT2D eigenvalue weighted by Crippen LogP contribution is -2.45. The number of carbonyl (C=O) groups is 1. The van der Waals surface area contributed by atoms with Gasteiger partial charge < -0.3 is 13.3 Å². The van der Waals surface area contributed by atoms with Gasteiger partial charge in [0.25, 0.3) is 0 Å². The molecule has 1 rings (SSSR count). The van der Waals surface area contributed by atoms with Gasteiger partial charge in [-0.25, -0.2) is 0 Å². The number of thioether (sulfide) groups is 1. The number of hydrogen-bond acceptors (Lipinski definition) is 5. The molecule has 1 aliphatic heterocycles. The molecule has 1 fully saturated rings. The van der Waals surface area contributed by atoms with Crippen molar-refractivity contribution in [1.82, 2.24) is 0 Å². The van der Waals surface area contributed by atoms with Crippen molar-refractivity contribution < 1.29 is 18.1 Å². The first-order valence-electron chi connectivity index (χ1n) is 8.18. The van der Waals surface area contributed by atoms with Crippen LogP contribution in [0.5, 0.6) is 0 Å². The first-order chi connectivity index (χ1) is 10.1. The van der Waals surface area contributed by atoms with Crippen molar-refractivity contribution in [3.05, 3.63) is 0 Å². The lowest BCUT2D eigenvalue weighted by molar-refractivity contribution is -0.112. The molecule has 1 heterocycles. The zero-order chi connectivity index (χ0) is 16.1. The van der Waals surface area contributed by atoms with Crippen molar-refractivity contribution in [2.45, 2.75) is 71.6 Å². The Morgan fingerprint density at radius 2 is 1.52 bits per heavy atom. The molecule has 6 heteroatoms. The van der Waals surface area contributed by atoms with Gasteiger partial charge in [-0.05, 0) is 27.2 Å². The molecule has 1 saturated heterocycles. The molecule has 0 radical (unpaired) electrons. The second-order valence-corrected chi connectivity index (χ2v) is 9.09. The van der Waals surface area contributed by atoms with Gasteiger partial charge in [0, 0.05) is 37.5 Å². The van der Waals surface area contributed by atoms with Crippen molar-refractivity contribution >= 4 is 25.7 Å². The molecule has 0 N–H and O–H groups in total. The summed E-state index contributed by atoms with van der Waals surface area (Å²) in [6, 6.07) is 0.850. The van der Waals surface area contributed by atoms with Crippen LogP contribution in [0, 0.1) is 0 Å². The Labute approximate surface area is 135 Å². The van der Waals surface area contributed by atoms with E-state index in [0.717, 1.165) is 12.5 Å². The lowest BCUT2D eigenvalue weighted by atomic mass is 10.1. The van der Waals surface area contributed by atoms with Crippen LogP contribution < -0.4 is 0 Å². The third-order valence-electron chi connectivity index (χ3n) is 3.10. The Morgan fingerprint density at radius 1 is 1.05 bits per heavy atom. The molecule has 0 aromatic heterocycles. The van der Waals surface area contributed by atoms with Crippen molar-refractivity contribution in [2.75, 3.05) is 19.8 Å². The second-order valence-electron chi connectivity index (χ2n) is 4.79. The van der Waals surface area contributed by atoms with E-state index in [1.54, 1.807) is 0 Å². The summed E-state index contributed by atoms with van der Waals surface area (Å²) in [4.78, 5) is 10.4. The van der Waals surface area contributed by atoms with Crippen LogP contribution in [-0.2, 0) is 18.1 Å². The summed E-state index contributed by atoms with van der Waals surface area (Å²) in [5, 5.41) is 1.06. The fourth-order valence-electron chi connectivity index (χ4n) is 2.05. The smallest absolute Gasteiger partial charge is 0.374 e. The Kier molecular flexibility index (Phi) is 12.7. The molecule has 0 bridgehead atoms. The van der Waals surface area contributed by atoms with Crippen LogP contribution in [0.1, 0.15) is 60.3 Å². The van der Waals surface area contributed by atoms with Gasteiger partial charge in [0.2, 0.25) is 0 Å². The van der Waals surface area contributed by atoms with Crippen molar-refractivity contribution in [3.8, 4) is 0 Å². The maximum absolute atomic E-state index is 10.4. The molecular weight excluding hydrogens is 304 g/mol. The van der Waals surface area contributed by atoms with E-state index in [0.29, 0.717) is 30.2 Å². The molecule has 21 heavy (non-hydrogen) atoms. The zero-order valence-electron chi connectivity index (χ0n) is 14.3. The molecule has 0 aliphatic carbocycles. The SMILES string of the molecule is CCCCC1CC(=O)S1.CCO[Si](CC)(OCC)OCC. The van der Waals surface area contributed by atoms with Crippen LogP contribution in [0.15, 0.2) is 0 Å². The minimum absolute atomic E-state index is 0.385. The summed E-state index contributed by atoms with van der Waals surface area (Å²) in [5.41, 5.74) is 0. The average molecular weight is 337 g/mol. The highest BCUT2D eigenvalue weighted by Crippen LogP contribution is 2.33. The van der Waals surface area contributed by atoms with Gasteiger partial charge in [-0.15, -0.1) is 0 Å². The van der Waals surface area contributed by atoms with Gasteiger partial charge >= 0.3 is 8.80 Å². The van der Waals surface area contributed by atoms with E-state index in [1.807, 2.05) is 27.7 Å². The quantitative estimate of drug-likeness (QED) is 0.558. The molecule has 4 nitrogen and oxygen atoms in total. The van der Waals surface area contributed by atoms with E-state index < -0.39 is 8.80 Å². The molecule has 0 amide bonds. The molecule has 1 atom stereocenters. The first-order valence-corrected chi connectivity index (χ1v) is 11.0. The fourth-order valence-corrected chi connectivity index (χ4v) is 5.12. The highest BCUT2D eigenvalue weighted by Gasteiger charge is 2.37. The zero-order valence-corrected chi connectivity index (χ0v) is 16.1. The van der Waals surface area contributed by atoms with Gasteiger partial charge in [-0.1, -0.05) is 38.5 Å². The van der Waals surface area contributed by atoms with Crippen molar-refractivity contribution in [2.24, 2.45) is 0 Å². The van der Waals surface area contributed by atoms with Gasteiger partial charge in [-0.3, -0.25) is 4.79 Å². The average Bonchev–Trinajstić information content (AvgIpc) is 2.44. The van der Waals surface area contributed by atoms with E-state index in [1.165, 1.54) is 31.0 Å². The summed E-state index contributed by atoms with van der Waals surface area (Å²) < 4.78 is 16.7. The Hall–Kier alpha value is 0.117. The molecule has 0 aromatic rings. The molecule has 1 aliphatic rings. The third kappa shape index (κ3) is 8.98. The summed E-state index contributed by atoms with van der Waals surface area (Å²) in [6.07, 6.45) is 4.62. The monoisotopic (exact) mass is 336 g/mol. The van der Waals surface area contributed by atoms with Crippen molar-refractivity contribution in [1.29, 1.82) is 0 Å². The fraction of sp³-hybridized carbons (Fsp3) is 0.933. The lowest BCUT2D eigenvalue weighted by Gasteiger charge is -2.26. The van der Waals surface area contributed by atoms with Gasteiger partial charge in [-0.2, -0.15) is 0 Å². The van der Waals surface area contributed by atoms with Crippen LogP contribution >= 0.6 is 11.8 Å². The predicted molar refractivity (Wildman–Crippen MR) is 91.6 cm³/mol. The molecule has 0 aromatic carbocycles. The molecule has 0 spiro atoms. The summed E-state index contributed by atoms with van der Waals surface area (Å²) in [6.45, 7) is 12.1. The van der Waals surface area contributed by atoms with Crippen LogP contribution in [0.4, 0.5) is 0 Å². The maximum Gasteiger partial charge on any atom is 0.500 e. The summed E-state index contributed by atoms with van der Waals surface area (Å²) in [5.74, 6) is 0. The van der Waals surface area contributed by atoms with Crippen LogP contribution in [-0.4, -0.2) is 39.0 Å². The Morgan fingerprint density at radius 3 is 1.81 bits per heavy atom. The molecule has 0 saturated carbocycles. The number of rotatable bonds is 10. The van der Waals surface area contributed by atoms with Crippen molar-refractivity contribution in [3.63, 3.8) is 0 Å². The number of unbranched alkanes of at least 4 members (excludes halogenated alkanes) is 1. The van der Waals surface area contributed by atoms with E-state index in [-0.39, 0.29) is 0 Å². The largest absolute Gasteiger partial charge is 0.500 e. The predicted octanol–water partition coefficient (Wildman–Crippen LogP) is 4.26. The van der Waals surface area contributed by atoms with Gasteiger partial charge in [0.05, 0.1) is 0 Å². The Balaban J connectivity index is 0.000000394. The van der Waals surface area contributed by atoms with E-state index in [4.69, 9.17) is 13.3 Å². The van der Waals surface area contributed by atoms with Crippen LogP contribution in [0.25, 0.3) is 0 Å². The summed E-state index contributed by atoms with van der Waals surface area (Å²) in [7, 11) is -2.27. The minimum atomic E-state index is -2.27. The van der Waals surface area contributed by atoms with Gasteiger partial charge in [0.1, 0.15) is 0 Å². The third-order valence-corrected chi connectivity index (χ3v) is 7.31. The maximum atomic E-state index is 10.4. The minimum Gasteiger partial charge on any atom is -0.374 e. The highest BCUT2D eigenvalue weighted by atomic mass is 32.2. The van der Waals surface area contributed by atoms with E-state index in [2.05, 4.69) is 6.92 Å². The molecule has 126 valence electrons. The summed E-state index contributed by atoms with van der Waals surface area (Å²) >= 11 is 1.53. The van der Waals surface area contributed by atoms with Gasteiger partial charge in [0.15, 0.2) is 5.12 Å². The number of carbonyl (C=O) groups excluding carboxylic acids is 1. The highest BCUT2D eigenvalue weighted by molar-refractivity contribution is 8.16. The van der Waals surface area contributed by atoms with E-state index in [9.17, 15) is 4.79 Å². The number of hydrogen-bond donors (Lipinski definition) is 0.